The van der Waals surface area contributed by atoms with Gasteiger partial charge in [-0.05, 0) is 57.8 Å². The zero-order valence-corrected chi connectivity index (χ0v) is 28.0. The fraction of sp³-hybridized carbons (Fsp3) is 0.816. The third-order valence-electron chi connectivity index (χ3n) is 8.10. The average molecular weight is 590 g/mol. The van der Waals surface area contributed by atoms with Crippen molar-refractivity contribution in [3.05, 3.63) is 36.5 Å². The Morgan fingerprint density at radius 1 is 0.548 bits per heavy atom. The summed E-state index contributed by atoms with van der Waals surface area (Å²) in [5.41, 5.74) is 0. The lowest BCUT2D eigenvalue weighted by atomic mass is 10.1. The predicted molar refractivity (Wildman–Crippen MR) is 184 cm³/mol. The van der Waals surface area contributed by atoms with Gasteiger partial charge >= 0.3 is 0 Å². The molecule has 0 aromatic rings. The van der Waals surface area contributed by atoms with E-state index in [2.05, 4.69) is 43.5 Å². The molecule has 0 aliphatic heterocycles. The molecule has 0 aromatic heterocycles. The quantitative estimate of drug-likeness (QED) is 0.0540. The number of allylic oxidation sites excluding steroid dienone is 5. The number of aliphatic hydroxyl groups is 2. The van der Waals surface area contributed by atoms with Gasteiger partial charge in [-0.2, -0.15) is 0 Å². The molecule has 0 radical (unpaired) electrons. The van der Waals surface area contributed by atoms with E-state index in [9.17, 15) is 15.0 Å². The Kier molecular flexibility index (Phi) is 33.0. The first-order chi connectivity index (χ1) is 20.7. The number of amides is 1. The molecule has 0 saturated carbocycles. The number of aliphatic hydroxyl groups excluding tert-OH is 2. The smallest absolute Gasteiger partial charge is 0.220 e. The summed E-state index contributed by atoms with van der Waals surface area (Å²) in [6, 6.07) is -0.637. The number of nitrogens with one attached hydrogen (secondary N) is 1. The van der Waals surface area contributed by atoms with E-state index in [1.165, 1.54) is 128 Å². The molecule has 0 heterocycles. The zero-order valence-electron chi connectivity index (χ0n) is 28.0. The minimum atomic E-state index is -0.860. The van der Waals surface area contributed by atoms with Gasteiger partial charge in [-0.1, -0.05) is 153 Å². The van der Waals surface area contributed by atoms with Crippen molar-refractivity contribution in [3.8, 4) is 0 Å². The third kappa shape index (κ3) is 30.1. The van der Waals surface area contributed by atoms with Crippen molar-refractivity contribution in [1.29, 1.82) is 0 Å². The Morgan fingerprint density at radius 2 is 0.929 bits per heavy atom. The van der Waals surface area contributed by atoms with Crippen LogP contribution in [0, 0.1) is 0 Å². The molecule has 0 bridgehead atoms. The lowest BCUT2D eigenvalue weighted by molar-refractivity contribution is -0.123. The fourth-order valence-corrected chi connectivity index (χ4v) is 5.25. The van der Waals surface area contributed by atoms with E-state index >= 15 is 0 Å². The monoisotopic (exact) mass is 590 g/mol. The largest absolute Gasteiger partial charge is 0.394 e. The van der Waals surface area contributed by atoms with Crippen LogP contribution in [-0.4, -0.2) is 34.9 Å². The molecule has 4 heteroatoms. The van der Waals surface area contributed by atoms with Gasteiger partial charge in [0.2, 0.25) is 5.91 Å². The molecule has 0 aliphatic carbocycles. The Balaban J connectivity index is 3.66. The van der Waals surface area contributed by atoms with Crippen molar-refractivity contribution in [2.24, 2.45) is 0 Å². The van der Waals surface area contributed by atoms with Crippen molar-refractivity contribution >= 4 is 5.91 Å². The standard InChI is InChI=1S/C38H71NO3/c1-3-5-7-9-11-13-15-17-18-19-20-21-22-24-26-28-30-32-34-38(42)39-36(35-40)37(41)33-31-29-27-25-23-16-14-12-10-8-6-4-2/h18-19,23,25,31,33,36-37,40-41H,3-17,20-22,24,26-30,32,34-35H2,1-2H3,(H,39,42)/b19-18-,25-23+,33-31+. The average Bonchev–Trinajstić information content (AvgIpc) is 2.99. The molecular weight excluding hydrogens is 518 g/mol. The van der Waals surface area contributed by atoms with E-state index in [4.69, 9.17) is 0 Å². The molecule has 0 rings (SSSR count). The molecule has 3 N–H and O–H groups in total. The summed E-state index contributed by atoms with van der Waals surface area (Å²) in [5.74, 6) is -0.0811. The van der Waals surface area contributed by atoms with E-state index in [0.717, 1.165) is 32.1 Å². The Labute approximate surface area is 261 Å². The molecule has 0 aromatic carbocycles. The van der Waals surface area contributed by atoms with Crippen LogP contribution in [-0.2, 0) is 4.79 Å². The lowest BCUT2D eigenvalue weighted by Gasteiger charge is -2.19. The molecule has 0 spiro atoms. The van der Waals surface area contributed by atoms with Crippen molar-refractivity contribution in [2.45, 2.75) is 193 Å². The van der Waals surface area contributed by atoms with Crippen molar-refractivity contribution in [3.63, 3.8) is 0 Å². The van der Waals surface area contributed by atoms with Gasteiger partial charge in [-0.25, -0.2) is 0 Å². The van der Waals surface area contributed by atoms with E-state index in [-0.39, 0.29) is 12.5 Å². The third-order valence-corrected chi connectivity index (χ3v) is 8.10. The lowest BCUT2D eigenvalue weighted by Crippen LogP contribution is -2.45. The van der Waals surface area contributed by atoms with Crippen molar-refractivity contribution in [2.75, 3.05) is 6.61 Å². The first-order valence-electron chi connectivity index (χ1n) is 18.2. The van der Waals surface area contributed by atoms with E-state index in [0.29, 0.717) is 6.42 Å². The Hall–Kier alpha value is -1.39. The minimum absolute atomic E-state index is 0.0811. The highest BCUT2D eigenvalue weighted by Crippen LogP contribution is 2.12. The summed E-state index contributed by atoms with van der Waals surface area (Å²) >= 11 is 0. The van der Waals surface area contributed by atoms with Gasteiger partial charge in [0.15, 0.2) is 0 Å². The van der Waals surface area contributed by atoms with E-state index in [1.807, 2.05) is 6.08 Å². The van der Waals surface area contributed by atoms with Crippen LogP contribution in [0.1, 0.15) is 181 Å². The topological polar surface area (TPSA) is 69.6 Å². The van der Waals surface area contributed by atoms with Gasteiger partial charge in [0.1, 0.15) is 0 Å². The van der Waals surface area contributed by atoms with Crippen LogP contribution in [0.5, 0.6) is 0 Å². The maximum atomic E-state index is 12.3. The van der Waals surface area contributed by atoms with E-state index < -0.39 is 12.1 Å². The summed E-state index contributed by atoms with van der Waals surface area (Å²) < 4.78 is 0. The minimum Gasteiger partial charge on any atom is -0.394 e. The Bertz CT molecular complexity index is 642. The van der Waals surface area contributed by atoms with Crippen LogP contribution in [0.3, 0.4) is 0 Å². The van der Waals surface area contributed by atoms with E-state index in [1.54, 1.807) is 6.08 Å². The van der Waals surface area contributed by atoms with Crippen LogP contribution < -0.4 is 5.32 Å². The van der Waals surface area contributed by atoms with Crippen LogP contribution in [0.4, 0.5) is 0 Å². The molecule has 4 nitrogen and oxygen atoms in total. The summed E-state index contributed by atoms with van der Waals surface area (Å²) in [6.45, 7) is 4.26. The number of unbranched alkanes of at least 4 members (excludes halogenated alkanes) is 21. The second-order valence-electron chi connectivity index (χ2n) is 12.3. The first-order valence-corrected chi connectivity index (χ1v) is 18.2. The van der Waals surface area contributed by atoms with Gasteiger partial charge in [0.05, 0.1) is 18.8 Å². The first kappa shape index (κ1) is 40.6. The molecule has 2 atom stereocenters. The number of hydrogen-bond acceptors (Lipinski definition) is 3. The molecule has 1 amide bonds. The zero-order chi connectivity index (χ0) is 30.8. The summed E-state index contributed by atoms with van der Waals surface area (Å²) in [4.78, 5) is 12.3. The molecule has 42 heavy (non-hydrogen) atoms. The van der Waals surface area contributed by atoms with Gasteiger partial charge in [-0.15, -0.1) is 0 Å². The molecule has 2 unspecified atom stereocenters. The van der Waals surface area contributed by atoms with Crippen LogP contribution in [0.2, 0.25) is 0 Å². The Morgan fingerprint density at radius 3 is 1.38 bits per heavy atom. The van der Waals surface area contributed by atoms with Gasteiger partial charge < -0.3 is 15.5 Å². The molecule has 0 aliphatic rings. The molecule has 0 saturated heterocycles. The maximum absolute atomic E-state index is 12.3. The maximum Gasteiger partial charge on any atom is 0.220 e. The van der Waals surface area contributed by atoms with Crippen molar-refractivity contribution in [1.82, 2.24) is 5.32 Å². The summed E-state index contributed by atoms with van der Waals surface area (Å²) in [7, 11) is 0. The highest BCUT2D eigenvalue weighted by molar-refractivity contribution is 5.76. The molecular formula is C38H71NO3. The molecule has 246 valence electrons. The van der Waals surface area contributed by atoms with Gasteiger partial charge in [0.25, 0.3) is 0 Å². The predicted octanol–water partition coefficient (Wildman–Crippen LogP) is 10.7. The highest BCUT2D eigenvalue weighted by atomic mass is 16.3. The second-order valence-corrected chi connectivity index (χ2v) is 12.3. The number of rotatable bonds is 32. The van der Waals surface area contributed by atoms with Crippen LogP contribution in [0.25, 0.3) is 0 Å². The number of carbonyl (C=O) groups is 1. The normalized spacial score (nSPS) is 13.5. The van der Waals surface area contributed by atoms with Gasteiger partial charge in [-0.3, -0.25) is 4.79 Å². The number of carbonyl (C=O) groups excluding carboxylic acids is 1. The summed E-state index contributed by atoms with van der Waals surface area (Å²) in [6.07, 6.45) is 43.7. The summed E-state index contributed by atoms with van der Waals surface area (Å²) in [5, 5.41) is 22.8. The molecule has 0 fully saturated rings. The fourth-order valence-electron chi connectivity index (χ4n) is 5.25. The van der Waals surface area contributed by atoms with Gasteiger partial charge in [0, 0.05) is 6.42 Å². The SMILES string of the molecule is CCCCCCCC/C=C/CC/C=C/C(O)C(CO)NC(=O)CCCCCCCCC/C=C\CCCCCCCCC. The van der Waals surface area contributed by atoms with Crippen molar-refractivity contribution < 1.29 is 15.0 Å². The second kappa shape index (κ2) is 34.1. The van der Waals surface area contributed by atoms with Crippen LogP contribution in [0.15, 0.2) is 36.5 Å². The number of hydrogen-bond donors (Lipinski definition) is 3. The van der Waals surface area contributed by atoms with Crippen LogP contribution >= 0.6 is 0 Å². The highest BCUT2D eigenvalue weighted by Gasteiger charge is 2.17.